The van der Waals surface area contributed by atoms with E-state index in [9.17, 15) is 31.2 Å². The lowest BCUT2D eigenvalue weighted by Gasteiger charge is -2.19. The molecule has 0 bridgehead atoms. The molecule has 3 aromatic heterocycles. The highest BCUT2D eigenvalue weighted by Gasteiger charge is 2.25. The van der Waals surface area contributed by atoms with E-state index < -0.39 is 43.1 Å². The molecule has 1 unspecified atom stereocenters. The van der Waals surface area contributed by atoms with Crippen LogP contribution in [0.5, 0.6) is 0 Å². The lowest BCUT2D eigenvalue weighted by Crippen LogP contribution is -2.32. The quantitative estimate of drug-likeness (QED) is 0.0260. The van der Waals surface area contributed by atoms with Crippen molar-refractivity contribution in [2.45, 2.75) is 182 Å². The molecule has 0 fully saturated rings. The van der Waals surface area contributed by atoms with Gasteiger partial charge in [-0.2, -0.15) is 0 Å². The first-order chi connectivity index (χ1) is 52.5. The number of rotatable bonds is 26. The first-order valence-corrected chi connectivity index (χ1v) is 48.9. The molecule has 0 spiro atoms. The lowest BCUT2D eigenvalue weighted by atomic mass is 10.0. The Kier molecular flexibility index (Phi) is 44.0. The van der Waals surface area contributed by atoms with Crippen LogP contribution in [0.4, 0.5) is 9.59 Å². The number of unbranched alkanes of at least 4 members (excludes halogenated alkanes) is 1. The Morgan fingerprint density at radius 2 is 0.982 bits per heavy atom. The summed E-state index contributed by atoms with van der Waals surface area (Å²) < 4.78 is 70.4. The minimum Gasteiger partial charge on any atom is -0.465 e. The third kappa shape index (κ3) is 36.9. The average molecular weight is 1960 g/mol. The Hall–Kier alpha value is -4.93. The van der Waals surface area contributed by atoms with Gasteiger partial charge in [0.25, 0.3) is 0 Å². The zero-order valence-electron chi connectivity index (χ0n) is 65.8. The van der Waals surface area contributed by atoms with Crippen LogP contribution in [0, 0.1) is 26.7 Å². The second-order valence-corrected chi connectivity index (χ2v) is 43.0. The van der Waals surface area contributed by atoms with Crippen LogP contribution in [-0.4, -0.2) is 98.5 Å². The molecule has 0 saturated heterocycles. The van der Waals surface area contributed by atoms with Crippen molar-refractivity contribution in [3.63, 3.8) is 0 Å². The number of esters is 1. The van der Waals surface area contributed by atoms with Crippen LogP contribution in [0.2, 0.25) is 0 Å². The lowest BCUT2D eigenvalue weighted by molar-refractivity contribution is -0.144. The molecule has 2 amide bonds. The van der Waals surface area contributed by atoms with Gasteiger partial charge in [0.2, 0.25) is 9.84 Å². The highest BCUT2D eigenvalue weighted by molar-refractivity contribution is 9.11. The predicted octanol–water partition coefficient (Wildman–Crippen LogP) is 25.2. The van der Waals surface area contributed by atoms with Gasteiger partial charge >= 0.3 is 18.2 Å². The number of carbonyl (C=O) groups excluding carboxylic acids is 3. The molecule has 0 saturated carbocycles. The van der Waals surface area contributed by atoms with Crippen molar-refractivity contribution >= 4 is 203 Å². The summed E-state index contributed by atoms with van der Waals surface area (Å²) in [5, 5.41) is 7.58. The number of ether oxygens (including phenoxy) is 3. The van der Waals surface area contributed by atoms with Crippen molar-refractivity contribution in [1.82, 2.24) is 25.6 Å². The molecule has 0 aliphatic carbocycles. The third-order valence-corrected chi connectivity index (χ3v) is 27.4. The van der Waals surface area contributed by atoms with Crippen molar-refractivity contribution in [2.75, 3.05) is 37.4 Å². The fourth-order valence-electron chi connectivity index (χ4n) is 9.74. The fraction of sp³-hybridized carbons (Fsp3) is 0.341. The summed E-state index contributed by atoms with van der Waals surface area (Å²) >= 11 is 22.8. The van der Waals surface area contributed by atoms with Crippen molar-refractivity contribution in [2.24, 2.45) is 11.7 Å². The topological polar surface area (TPSA) is 236 Å². The number of halogens is 5. The van der Waals surface area contributed by atoms with Crippen LogP contribution in [0.25, 0.3) is 33.4 Å². The fourth-order valence-corrected chi connectivity index (χ4v) is 20.5. The number of aryl methyl sites for hydroxylation is 3. The van der Waals surface area contributed by atoms with E-state index in [4.69, 9.17) is 19.9 Å². The Morgan fingerprint density at radius 1 is 0.540 bits per heavy atom. The molecule has 3 heterocycles. The standard InChI is InChI=1S/C25H34O2S2.C23H26N2O2S3.C18H18N2O4S3.C9H13BrN2O2S.C7H6Br2S.2ClH/c1-5-7-8-20(6-2)18-27-25(26)13-14-29-24-16-22(15-23(17-24)28-4)21-11-9-19(3)10-12-21;1-15-6-8-16(9-7-15)17-10-18(28-5)12-19(11-17)29-21-14-24-20(30-21)13-25-22(26)27-23(2,3)4;1-12-3-5-13(6-4-12)14-7-15(26(2,21)22)9-16(8-14)27(23,24)18-11-20-17(10-19)25-18;1-9(2,3)14-8(13)12-5-7-11-4-6(10)15-7;1-10-7-3-5(8)2-6(9)4-7;;/h9-12,15-17,20H,5-8,13-14,18H2,1-4H3;6-12,14H,13H2,1-5H3,(H,25,26);3-9,11H,10,19H2,1-2H3;4H,5H2,1-3H3,(H,12,13);2-4H,1H3;2*1H. The van der Waals surface area contributed by atoms with Crippen LogP contribution in [0.3, 0.4) is 0 Å². The van der Waals surface area contributed by atoms with Gasteiger partial charge in [-0.05, 0) is 216 Å². The molecule has 113 heavy (non-hydrogen) atoms. The van der Waals surface area contributed by atoms with Gasteiger partial charge in [-0.1, -0.05) is 166 Å². The van der Waals surface area contributed by atoms with E-state index in [1.165, 1.54) is 106 Å². The van der Waals surface area contributed by atoms with E-state index in [0.717, 1.165) is 74.3 Å². The predicted molar refractivity (Wildman–Crippen MR) is 492 cm³/mol. The second-order valence-electron chi connectivity index (χ2n) is 27.1. The molecule has 31 heteroatoms. The first kappa shape index (κ1) is 100. The Bertz CT molecular complexity index is 4870. The number of nitrogens with zero attached hydrogens (tertiary/aromatic N) is 3. The first-order valence-electron chi connectivity index (χ1n) is 35.3. The number of carbonyl (C=O) groups is 3. The van der Waals surface area contributed by atoms with Gasteiger partial charge in [0.15, 0.2) is 9.84 Å². The van der Waals surface area contributed by atoms with Crippen LogP contribution >= 0.6 is 165 Å². The molecule has 16 nitrogen and oxygen atoms in total. The van der Waals surface area contributed by atoms with Crippen molar-refractivity contribution in [3.05, 3.63) is 209 Å². The number of benzene rings is 7. The van der Waals surface area contributed by atoms with Crippen molar-refractivity contribution in [1.29, 1.82) is 0 Å². The number of sulfone groups is 2. The summed E-state index contributed by atoms with van der Waals surface area (Å²) in [4.78, 5) is 53.7. The summed E-state index contributed by atoms with van der Waals surface area (Å²) in [5.74, 6) is 1.17. The van der Waals surface area contributed by atoms with Crippen LogP contribution < -0.4 is 16.4 Å². The maximum atomic E-state index is 13.0. The monoisotopic (exact) mass is 1950 g/mol. The Labute approximate surface area is 739 Å². The van der Waals surface area contributed by atoms with E-state index >= 15 is 0 Å². The third-order valence-electron chi connectivity index (χ3n) is 15.5. The maximum Gasteiger partial charge on any atom is 0.408 e. The number of hydrogen-bond donors (Lipinski definition) is 3. The molecule has 0 aliphatic rings. The van der Waals surface area contributed by atoms with E-state index in [1.807, 2.05) is 85.0 Å². The number of nitrogens with two attached hydrogens (primary N) is 1. The summed E-state index contributed by atoms with van der Waals surface area (Å²) in [6.45, 7) is 23.0. The number of thioether (sulfide) groups is 4. The van der Waals surface area contributed by atoms with Crippen LogP contribution in [-0.2, 0) is 58.3 Å². The normalized spacial score (nSPS) is 11.4. The summed E-state index contributed by atoms with van der Waals surface area (Å²) in [6.07, 6.45) is 16.4. The number of aromatic nitrogens is 3. The SMILES string of the molecule is CC(C)(C)OC(=O)NCc1ncc(Br)s1.CCCCC(CC)COC(=O)CCSc1cc(SC)cc(-c2ccc(C)cc2)c1.CSc1cc(Br)cc(Br)c1.CSc1cc(Sc2cnc(CNC(=O)OC(C)(C)C)s2)cc(-c2ccc(C)cc2)c1.Cc1ccc(-c2cc(S(C)(=O)=O)cc(S(=O)(=O)c3cnc(CN)s3)c2)cc1.Cl.Cl. The van der Waals surface area contributed by atoms with E-state index in [-0.39, 0.29) is 51.3 Å². The van der Waals surface area contributed by atoms with Crippen LogP contribution in [0.15, 0.2) is 220 Å². The van der Waals surface area contributed by atoms with Gasteiger partial charge in [-0.15, -0.1) is 106 Å². The van der Waals surface area contributed by atoms with Gasteiger partial charge in [-0.3, -0.25) is 4.79 Å². The number of thiazole rings is 3. The zero-order valence-corrected chi connectivity index (χ0v) is 80.3. The highest BCUT2D eigenvalue weighted by Crippen LogP contribution is 2.39. The summed E-state index contributed by atoms with van der Waals surface area (Å²) in [7, 11) is -7.52. The molecule has 1 atom stereocenters. The van der Waals surface area contributed by atoms with E-state index in [0.29, 0.717) is 42.6 Å². The molecule has 4 N–H and O–H groups in total. The maximum absolute atomic E-state index is 13.0. The van der Waals surface area contributed by atoms with Crippen molar-refractivity contribution in [3.8, 4) is 33.4 Å². The highest BCUT2D eigenvalue weighted by atomic mass is 79.9. The number of hydrogen-bond acceptors (Lipinski definition) is 22. The van der Waals surface area contributed by atoms with Gasteiger partial charge in [0, 0.05) is 52.0 Å². The second kappa shape index (κ2) is 49.5. The van der Waals surface area contributed by atoms with Gasteiger partial charge < -0.3 is 30.6 Å². The molecule has 0 aliphatic heterocycles. The average Bonchev–Trinajstić information content (AvgIpc) is 1.60. The minimum absolute atomic E-state index is 0. The molecule has 612 valence electrons. The van der Waals surface area contributed by atoms with E-state index in [2.05, 4.69) is 217 Å². The molecule has 10 aromatic rings. The number of nitrogens with one attached hydrogen (secondary N) is 2. The van der Waals surface area contributed by atoms with Gasteiger partial charge in [-0.25, -0.2) is 41.4 Å². The molecule has 10 rings (SSSR count). The molecule has 0 radical (unpaired) electrons. The Balaban J connectivity index is 0.000000309. The number of amides is 2. The summed E-state index contributed by atoms with van der Waals surface area (Å²) in [6, 6.07) is 48.3. The molecular weight excluding hydrogens is 1860 g/mol. The van der Waals surface area contributed by atoms with E-state index in [1.54, 1.807) is 76.3 Å². The summed E-state index contributed by atoms with van der Waals surface area (Å²) in [5.41, 5.74) is 14.2. The minimum atomic E-state index is -3.91. The number of alkyl carbamates (subject to hydrolysis) is 2. The van der Waals surface area contributed by atoms with Gasteiger partial charge in [0.1, 0.15) is 30.4 Å². The smallest absolute Gasteiger partial charge is 0.408 e. The van der Waals surface area contributed by atoms with Gasteiger partial charge in [0.05, 0.1) is 62.5 Å². The Morgan fingerprint density at radius 3 is 1.42 bits per heavy atom. The molecule has 7 aromatic carbocycles. The van der Waals surface area contributed by atoms with Crippen molar-refractivity contribution < 1.29 is 45.4 Å². The van der Waals surface area contributed by atoms with Crippen LogP contribution in [0.1, 0.15) is 119 Å². The zero-order chi connectivity index (χ0) is 81.6. The largest absolute Gasteiger partial charge is 0.465 e. The molecular formula is C82H99Br3Cl2N6O10S10.